The molecule has 2 aromatic rings. The van der Waals surface area contributed by atoms with E-state index in [2.05, 4.69) is 0 Å². The van der Waals surface area contributed by atoms with E-state index in [1.807, 2.05) is 43.3 Å². The highest BCUT2D eigenvalue weighted by Crippen LogP contribution is 2.25. The lowest BCUT2D eigenvalue weighted by Gasteiger charge is -2.13. The molecule has 2 aromatic carbocycles. The fourth-order valence-corrected chi connectivity index (χ4v) is 2.57. The Balaban J connectivity index is 1.74. The van der Waals surface area contributed by atoms with Gasteiger partial charge in [-0.25, -0.2) is 0 Å². The highest BCUT2D eigenvalue weighted by atomic mass is 16.6. The fraction of sp³-hybridized carbons (Fsp3) is 0.476. The van der Waals surface area contributed by atoms with Crippen LogP contribution in [0.5, 0.6) is 5.75 Å². The summed E-state index contributed by atoms with van der Waals surface area (Å²) in [7, 11) is 3.27. The van der Waals surface area contributed by atoms with E-state index in [1.165, 1.54) is 0 Å². The van der Waals surface area contributed by atoms with Crippen LogP contribution in [0.25, 0.3) is 10.8 Å². The lowest BCUT2D eigenvalue weighted by Crippen LogP contribution is -2.17. The Labute approximate surface area is 160 Å². The zero-order valence-electron chi connectivity index (χ0n) is 16.2. The van der Waals surface area contributed by atoms with Crippen LogP contribution in [0.4, 0.5) is 0 Å². The number of rotatable bonds is 12. The van der Waals surface area contributed by atoms with E-state index in [9.17, 15) is 4.79 Å². The van der Waals surface area contributed by atoms with Crippen molar-refractivity contribution in [3.63, 3.8) is 0 Å². The zero-order valence-corrected chi connectivity index (χ0v) is 16.2. The Morgan fingerprint density at radius 2 is 1.48 bits per heavy atom. The van der Waals surface area contributed by atoms with Crippen LogP contribution in [0.3, 0.4) is 0 Å². The van der Waals surface area contributed by atoms with Crippen molar-refractivity contribution < 1.29 is 28.5 Å². The van der Waals surface area contributed by atoms with Gasteiger partial charge in [-0.05, 0) is 35.4 Å². The van der Waals surface area contributed by atoms with E-state index >= 15 is 0 Å². The summed E-state index contributed by atoms with van der Waals surface area (Å²) < 4.78 is 26.1. The van der Waals surface area contributed by atoms with Crippen LogP contribution in [0.2, 0.25) is 0 Å². The molecular weight excluding hydrogens is 348 g/mol. The first kappa shape index (κ1) is 21.2. The Morgan fingerprint density at radius 3 is 2.19 bits per heavy atom. The van der Waals surface area contributed by atoms with Gasteiger partial charge in [0.1, 0.15) is 12.4 Å². The predicted octanol–water partition coefficient (Wildman–Crippen LogP) is 3.17. The molecule has 148 valence electrons. The summed E-state index contributed by atoms with van der Waals surface area (Å²) in [6.07, 6.45) is 0. The van der Waals surface area contributed by atoms with Crippen molar-refractivity contribution in [2.75, 3.05) is 53.9 Å². The van der Waals surface area contributed by atoms with Crippen LogP contribution in [-0.4, -0.2) is 59.8 Å². The molecule has 27 heavy (non-hydrogen) atoms. The van der Waals surface area contributed by atoms with Crippen molar-refractivity contribution in [1.29, 1.82) is 0 Å². The summed E-state index contributed by atoms with van der Waals surface area (Å²) in [5, 5.41) is 2.13. The third-order valence-corrected chi connectivity index (χ3v) is 4.20. The third kappa shape index (κ3) is 6.82. The first-order chi connectivity index (χ1) is 13.2. The fourth-order valence-electron chi connectivity index (χ4n) is 2.57. The van der Waals surface area contributed by atoms with Gasteiger partial charge in [0.2, 0.25) is 0 Å². The van der Waals surface area contributed by atoms with Gasteiger partial charge in [-0.1, -0.05) is 24.3 Å². The predicted molar refractivity (Wildman–Crippen MR) is 103 cm³/mol. The molecule has 1 atom stereocenters. The molecule has 0 unspecified atom stereocenters. The molecule has 0 aliphatic heterocycles. The van der Waals surface area contributed by atoms with Crippen molar-refractivity contribution in [3.8, 4) is 5.75 Å². The lowest BCUT2D eigenvalue weighted by molar-refractivity contribution is -0.146. The first-order valence-corrected chi connectivity index (χ1v) is 9.04. The summed E-state index contributed by atoms with van der Waals surface area (Å²) >= 11 is 0. The van der Waals surface area contributed by atoms with Crippen LogP contribution in [0, 0.1) is 0 Å². The van der Waals surface area contributed by atoms with Gasteiger partial charge in [0.05, 0.1) is 46.1 Å². The molecule has 0 heterocycles. The maximum absolute atomic E-state index is 12.3. The number of esters is 1. The Morgan fingerprint density at radius 1 is 0.852 bits per heavy atom. The standard InChI is InChI=1S/C21H28O6/c1-16(21(22)27-13-12-26-11-10-25-9-8-23-2)17-4-5-19-15-20(24-3)7-6-18(19)14-17/h4-7,14-16H,8-13H2,1-3H3/t16-/m1/s1. The summed E-state index contributed by atoms with van der Waals surface area (Å²) in [6, 6.07) is 11.8. The largest absolute Gasteiger partial charge is 0.497 e. The number of carbonyl (C=O) groups excluding carboxylic acids is 1. The maximum atomic E-state index is 12.3. The van der Waals surface area contributed by atoms with E-state index in [0.717, 1.165) is 22.1 Å². The molecule has 6 heteroatoms. The number of methoxy groups -OCH3 is 2. The summed E-state index contributed by atoms with van der Waals surface area (Å²) in [5.41, 5.74) is 0.921. The molecule has 0 aliphatic carbocycles. The molecule has 0 amide bonds. The second-order valence-electron chi connectivity index (χ2n) is 6.08. The van der Waals surface area contributed by atoms with Crippen molar-refractivity contribution >= 4 is 16.7 Å². The number of hydrogen-bond donors (Lipinski definition) is 0. The zero-order chi connectivity index (χ0) is 19.5. The maximum Gasteiger partial charge on any atom is 0.313 e. The van der Waals surface area contributed by atoms with Gasteiger partial charge in [0.25, 0.3) is 0 Å². The number of ether oxygens (including phenoxy) is 5. The van der Waals surface area contributed by atoms with Crippen molar-refractivity contribution in [3.05, 3.63) is 42.0 Å². The molecule has 0 N–H and O–H groups in total. The van der Waals surface area contributed by atoms with Crippen molar-refractivity contribution in [2.24, 2.45) is 0 Å². The van der Waals surface area contributed by atoms with Crippen LogP contribution < -0.4 is 4.74 Å². The van der Waals surface area contributed by atoms with E-state index < -0.39 is 0 Å². The minimum atomic E-state index is -0.339. The molecule has 0 bridgehead atoms. The van der Waals surface area contributed by atoms with Crippen LogP contribution in [-0.2, 0) is 23.7 Å². The van der Waals surface area contributed by atoms with E-state index in [-0.39, 0.29) is 18.5 Å². The molecule has 0 aromatic heterocycles. The number of benzene rings is 2. The Hall–Kier alpha value is -2.15. The normalized spacial score (nSPS) is 12.1. The molecule has 0 fully saturated rings. The lowest BCUT2D eigenvalue weighted by atomic mass is 9.98. The number of fused-ring (bicyclic) bond motifs is 1. The SMILES string of the molecule is COCCOCCOCCOC(=O)[C@H](C)c1ccc2cc(OC)ccc2c1. The molecule has 0 radical (unpaired) electrons. The molecule has 0 saturated heterocycles. The molecular formula is C21H28O6. The van der Waals surface area contributed by atoms with E-state index in [4.69, 9.17) is 23.7 Å². The number of carbonyl (C=O) groups is 1. The van der Waals surface area contributed by atoms with Crippen LogP contribution in [0.1, 0.15) is 18.4 Å². The quantitative estimate of drug-likeness (QED) is 0.419. The van der Waals surface area contributed by atoms with Crippen LogP contribution in [0.15, 0.2) is 36.4 Å². The summed E-state index contributed by atoms with van der Waals surface area (Å²) in [6.45, 7) is 4.50. The van der Waals surface area contributed by atoms with Gasteiger partial charge in [0.15, 0.2) is 0 Å². The van der Waals surface area contributed by atoms with Gasteiger partial charge >= 0.3 is 5.97 Å². The topological polar surface area (TPSA) is 63.2 Å². The van der Waals surface area contributed by atoms with E-state index in [0.29, 0.717) is 33.0 Å². The monoisotopic (exact) mass is 376 g/mol. The second kappa shape index (κ2) is 11.5. The average molecular weight is 376 g/mol. The highest BCUT2D eigenvalue weighted by molar-refractivity contribution is 5.86. The Bertz CT molecular complexity index is 715. The third-order valence-electron chi connectivity index (χ3n) is 4.20. The second-order valence-corrected chi connectivity index (χ2v) is 6.08. The van der Waals surface area contributed by atoms with Gasteiger partial charge < -0.3 is 23.7 Å². The first-order valence-electron chi connectivity index (χ1n) is 9.04. The van der Waals surface area contributed by atoms with Crippen molar-refractivity contribution in [1.82, 2.24) is 0 Å². The average Bonchev–Trinajstić information content (AvgIpc) is 2.71. The molecule has 0 spiro atoms. The summed E-state index contributed by atoms with van der Waals surface area (Å²) in [5.74, 6) is 0.212. The Kier molecular flexibility index (Phi) is 9.04. The van der Waals surface area contributed by atoms with Gasteiger partial charge in [-0.3, -0.25) is 4.79 Å². The minimum absolute atomic E-state index is 0.228. The number of hydrogen-bond acceptors (Lipinski definition) is 6. The summed E-state index contributed by atoms with van der Waals surface area (Å²) in [4.78, 5) is 12.3. The minimum Gasteiger partial charge on any atom is -0.497 e. The van der Waals surface area contributed by atoms with Crippen LogP contribution >= 0.6 is 0 Å². The van der Waals surface area contributed by atoms with Gasteiger partial charge in [0, 0.05) is 7.11 Å². The molecule has 0 aliphatic rings. The molecule has 6 nitrogen and oxygen atoms in total. The highest BCUT2D eigenvalue weighted by Gasteiger charge is 2.17. The smallest absolute Gasteiger partial charge is 0.313 e. The van der Waals surface area contributed by atoms with Crippen molar-refractivity contribution in [2.45, 2.75) is 12.8 Å². The molecule has 2 rings (SSSR count). The van der Waals surface area contributed by atoms with Gasteiger partial charge in [-0.15, -0.1) is 0 Å². The molecule has 0 saturated carbocycles. The van der Waals surface area contributed by atoms with Gasteiger partial charge in [-0.2, -0.15) is 0 Å². The van der Waals surface area contributed by atoms with E-state index in [1.54, 1.807) is 14.2 Å².